The monoisotopic (exact) mass is 190 g/mol. The van der Waals surface area contributed by atoms with Gasteiger partial charge in [-0.25, -0.2) is 0 Å². The van der Waals surface area contributed by atoms with Gasteiger partial charge in [-0.1, -0.05) is 58.4 Å². The Morgan fingerprint density at radius 3 is 2.43 bits per heavy atom. The van der Waals surface area contributed by atoms with E-state index in [2.05, 4.69) is 52.0 Å². The fourth-order valence-electron chi connectivity index (χ4n) is 1.98. The van der Waals surface area contributed by atoms with E-state index in [0.29, 0.717) is 5.41 Å². The van der Waals surface area contributed by atoms with Gasteiger partial charge in [-0.15, -0.1) is 0 Å². The minimum Gasteiger partial charge on any atom is -0.0654 e. The van der Waals surface area contributed by atoms with Crippen molar-refractivity contribution in [3.05, 3.63) is 35.4 Å². The topological polar surface area (TPSA) is 0 Å². The van der Waals surface area contributed by atoms with E-state index >= 15 is 0 Å². The van der Waals surface area contributed by atoms with E-state index in [1.54, 1.807) is 0 Å². The molecule has 0 bridgehead atoms. The van der Waals surface area contributed by atoms with Crippen LogP contribution in [-0.4, -0.2) is 0 Å². The van der Waals surface area contributed by atoms with Gasteiger partial charge in [0.15, 0.2) is 0 Å². The van der Waals surface area contributed by atoms with Crippen LogP contribution >= 0.6 is 0 Å². The molecule has 0 aliphatic carbocycles. The predicted octanol–water partition coefficient (Wildman–Crippen LogP) is 4.33. The lowest BCUT2D eigenvalue weighted by molar-refractivity contribution is 0.473. The van der Waals surface area contributed by atoms with Crippen molar-refractivity contribution in [1.29, 1.82) is 0 Å². The average molecular weight is 190 g/mol. The number of aryl methyl sites for hydroxylation is 1. The van der Waals surface area contributed by atoms with Crippen LogP contribution in [-0.2, 0) is 11.8 Å². The SMILES string of the molecule is CCCC(C)(C)c1cccc(CC)c1. The van der Waals surface area contributed by atoms with Gasteiger partial charge in [-0.2, -0.15) is 0 Å². The molecule has 0 aliphatic heterocycles. The molecule has 0 N–H and O–H groups in total. The summed E-state index contributed by atoms with van der Waals surface area (Å²) in [6.45, 7) is 9.15. The van der Waals surface area contributed by atoms with E-state index in [4.69, 9.17) is 0 Å². The lowest BCUT2D eigenvalue weighted by Gasteiger charge is -2.25. The van der Waals surface area contributed by atoms with Gasteiger partial charge in [-0.3, -0.25) is 0 Å². The summed E-state index contributed by atoms with van der Waals surface area (Å²) in [6, 6.07) is 9.02. The minimum absolute atomic E-state index is 0.333. The van der Waals surface area contributed by atoms with Gasteiger partial charge in [0.25, 0.3) is 0 Å². The molecule has 0 aromatic heterocycles. The Morgan fingerprint density at radius 2 is 1.86 bits per heavy atom. The molecule has 0 radical (unpaired) electrons. The molecule has 1 rings (SSSR count). The maximum Gasteiger partial charge on any atom is -0.0104 e. The van der Waals surface area contributed by atoms with Gasteiger partial charge in [0, 0.05) is 0 Å². The summed E-state index contributed by atoms with van der Waals surface area (Å²) in [5, 5.41) is 0. The van der Waals surface area contributed by atoms with E-state index in [1.807, 2.05) is 0 Å². The third-order valence-electron chi connectivity index (χ3n) is 2.99. The van der Waals surface area contributed by atoms with Gasteiger partial charge in [-0.05, 0) is 29.4 Å². The maximum atomic E-state index is 2.36. The standard InChI is InChI=1S/C14H22/c1-5-10-14(3,4)13-9-7-8-12(6-2)11-13/h7-9,11H,5-6,10H2,1-4H3. The molecule has 0 fully saturated rings. The van der Waals surface area contributed by atoms with E-state index in [0.717, 1.165) is 6.42 Å². The highest BCUT2D eigenvalue weighted by Crippen LogP contribution is 2.28. The van der Waals surface area contributed by atoms with Crippen molar-refractivity contribution in [2.45, 2.75) is 52.4 Å². The van der Waals surface area contributed by atoms with Crippen LogP contribution in [0.15, 0.2) is 24.3 Å². The number of benzene rings is 1. The van der Waals surface area contributed by atoms with Crippen LogP contribution in [0.4, 0.5) is 0 Å². The van der Waals surface area contributed by atoms with Crippen LogP contribution < -0.4 is 0 Å². The van der Waals surface area contributed by atoms with E-state index in [-0.39, 0.29) is 0 Å². The van der Waals surface area contributed by atoms with Gasteiger partial charge < -0.3 is 0 Å². The Labute approximate surface area is 88.4 Å². The quantitative estimate of drug-likeness (QED) is 0.663. The molecule has 1 aromatic rings. The van der Waals surface area contributed by atoms with Crippen LogP contribution in [0.5, 0.6) is 0 Å². The van der Waals surface area contributed by atoms with Crippen LogP contribution in [0.2, 0.25) is 0 Å². The highest BCUT2D eigenvalue weighted by Gasteiger charge is 2.18. The minimum atomic E-state index is 0.333. The van der Waals surface area contributed by atoms with Crippen molar-refractivity contribution >= 4 is 0 Å². The second-order valence-electron chi connectivity index (χ2n) is 4.69. The van der Waals surface area contributed by atoms with Crippen LogP contribution in [0.25, 0.3) is 0 Å². The summed E-state index contributed by atoms with van der Waals surface area (Å²) in [5.74, 6) is 0. The molecule has 0 spiro atoms. The lowest BCUT2D eigenvalue weighted by atomic mass is 9.80. The van der Waals surface area contributed by atoms with Gasteiger partial charge in [0.05, 0.1) is 0 Å². The summed E-state index contributed by atoms with van der Waals surface area (Å²) in [4.78, 5) is 0. The smallest absolute Gasteiger partial charge is 0.0104 e. The number of rotatable bonds is 4. The zero-order valence-corrected chi connectivity index (χ0v) is 9.93. The van der Waals surface area contributed by atoms with Crippen molar-refractivity contribution in [2.75, 3.05) is 0 Å². The summed E-state index contributed by atoms with van der Waals surface area (Å²) >= 11 is 0. The Kier molecular flexibility index (Phi) is 3.74. The Balaban J connectivity index is 2.93. The summed E-state index contributed by atoms with van der Waals surface area (Å²) < 4.78 is 0. The van der Waals surface area contributed by atoms with Crippen LogP contribution in [0.3, 0.4) is 0 Å². The van der Waals surface area contributed by atoms with Crippen molar-refractivity contribution < 1.29 is 0 Å². The Morgan fingerprint density at radius 1 is 1.14 bits per heavy atom. The van der Waals surface area contributed by atoms with Gasteiger partial charge in [0.2, 0.25) is 0 Å². The molecule has 0 unspecified atom stereocenters. The predicted molar refractivity (Wildman–Crippen MR) is 63.8 cm³/mol. The highest BCUT2D eigenvalue weighted by atomic mass is 14.2. The average Bonchev–Trinajstić information content (AvgIpc) is 2.18. The van der Waals surface area contributed by atoms with E-state index in [9.17, 15) is 0 Å². The molecule has 1 aromatic carbocycles. The number of hydrogen-bond acceptors (Lipinski definition) is 0. The maximum absolute atomic E-state index is 2.36. The zero-order chi connectivity index (χ0) is 10.6. The van der Waals surface area contributed by atoms with Crippen molar-refractivity contribution in [3.63, 3.8) is 0 Å². The van der Waals surface area contributed by atoms with Crippen LogP contribution in [0, 0.1) is 0 Å². The molecule has 0 aliphatic rings. The second kappa shape index (κ2) is 4.63. The molecule has 14 heavy (non-hydrogen) atoms. The molecule has 78 valence electrons. The highest BCUT2D eigenvalue weighted by molar-refractivity contribution is 5.29. The first kappa shape index (κ1) is 11.3. The second-order valence-corrected chi connectivity index (χ2v) is 4.69. The molecule has 0 nitrogen and oxygen atoms in total. The lowest BCUT2D eigenvalue weighted by Crippen LogP contribution is -2.16. The first-order valence-electron chi connectivity index (χ1n) is 5.69. The van der Waals surface area contributed by atoms with E-state index < -0.39 is 0 Å². The summed E-state index contributed by atoms with van der Waals surface area (Å²) in [7, 11) is 0. The Hall–Kier alpha value is -0.780. The first-order valence-corrected chi connectivity index (χ1v) is 5.69. The van der Waals surface area contributed by atoms with Gasteiger partial charge in [0.1, 0.15) is 0 Å². The Bertz CT molecular complexity index is 284. The third kappa shape index (κ3) is 2.60. The van der Waals surface area contributed by atoms with E-state index in [1.165, 1.54) is 24.0 Å². The molecule has 0 atom stereocenters. The molecular weight excluding hydrogens is 168 g/mol. The third-order valence-corrected chi connectivity index (χ3v) is 2.99. The molecule has 0 amide bonds. The fraction of sp³-hybridized carbons (Fsp3) is 0.571. The molecular formula is C14H22. The van der Waals surface area contributed by atoms with Crippen LogP contribution in [0.1, 0.15) is 51.7 Å². The molecule has 0 saturated carbocycles. The van der Waals surface area contributed by atoms with Gasteiger partial charge >= 0.3 is 0 Å². The van der Waals surface area contributed by atoms with Crippen molar-refractivity contribution in [1.82, 2.24) is 0 Å². The largest absolute Gasteiger partial charge is 0.0654 e. The molecule has 0 saturated heterocycles. The van der Waals surface area contributed by atoms with Crippen molar-refractivity contribution in [2.24, 2.45) is 0 Å². The van der Waals surface area contributed by atoms with Crippen molar-refractivity contribution in [3.8, 4) is 0 Å². The fourth-order valence-corrected chi connectivity index (χ4v) is 1.98. The molecule has 0 heterocycles. The number of hydrogen-bond donors (Lipinski definition) is 0. The normalized spacial score (nSPS) is 11.7. The summed E-state index contributed by atoms with van der Waals surface area (Å²) in [6.07, 6.45) is 3.65. The molecule has 0 heteroatoms. The zero-order valence-electron chi connectivity index (χ0n) is 9.93. The summed E-state index contributed by atoms with van der Waals surface area (Å²) in [5.41, 5.74) is 3.27. The first-order chi connectivity index (χ1) is 6.60.